The number of benzene rings is 2. The number of anilines is 1. The summed E-state index contributed by atoms with van der Waals surface area (Å²) in [6.07, 6.45) is 1.62. The van der Waals surface area contributed by atoms with Gasteiger partial charge < -0.3 is 5.11 Å². The molecule has 1 aliphatic rings. The third kappa shape index (κ3) is 3.82. The quantitative estimate of drug-likeness (QED) is 0.350. The number of hydrogen-bond donors (Lipinski definition) is 1. The van der Waals surface area contributed by atoms with Crippen molar-refractivity contribution in [2.45, 2.75) is 39.2 Å². The van der Waals surface area contributed by atoms with Crippen molar-refractivity contribution in [3.63, 3.8) is 0 Å². The summed E-state index contributed by atoms with van der Waals surface area (Å²) in [7, 11) is 0. The van der Waals surface area contributed by atoms with Gasteiger partial charge in [-0.05, 0) is 42.2 Å². The molecule has 0 spiro atoms. The predicted octanol–water partition coefficient (Wildman–Crippen LogP) is 5.31. The molecular formula is C27H26N2O3. The van der Waals surface area contributed by atoms with E-state index in [2.05, 4.69) is 25.8 Å². The van der Waals surface area contributed by atoms with Crippen LogP contribution >= 0.6 is 0 Å². The number of pyridine rings is 1. The zero-order chi connectivity index (χ0) is 23.0. The fourth-order valence-corrected chi connectivity index (χ4v) is 3.91. The van der Waals surface area contributed by atoms with Crippen molar-refractivity contribution in [3.05, 3.63) is 101 Å². The Morgan fingerprint density at radius 1 is 0.938 bits per heavy atom. The van der Waals surface area contributed by atoms with Gasteiger partial charge in [0.05, 0.1) is 11.3 Å². The van der Waals surface area contributed by atoms with Gasteiger partial charge in [0.15, 0.2) is 0 Å². The van der Waals surface area contributed by atoms with E-state index < -0.39 is 17.7 Å². The van der Waals surface area contributed by atoms with E-state index in [4.69, 9.17) is 0 Å². The average Bonchev–Trinajstić information content (AvgIpc) is 3.04. The van der Waals surface area contributed by atoms with Crippen molar-refractivity contribution >= 4 is 23.1 Å². The molecule has 0 radical (unpaired) electrons. The number of aryl methyl sites for hydroxylation is 1. The molecule has 0 saturated carbocycles. The van der Waals surface area contributed by atoms with Crippen LogP contribution in [0.25, 0.3) is 5.76 Å². The normalized spacial score (nSPS) is 18.2. The van der Waals surface area contributed by atoms with Gasteiger partial charge >= 0.3 is 0 Å². The first-order valence-corrected chi connectivity index (χ1v) is 10.6. The maximum atomic E-state index is 13.2. The summed E-state index contributed by atoms with van der Waals surface area (Å²) in [5.74, 6) is -1.61. The molecule has 162 valence electrons. The Morgan fingerprint density at radius 3 is 2.16 bits per heavy atom. The molecule has 5 heteroatoms. The molecule has 1 aromatic heterocycles. The molecule has 0 aliphatic carbocycles. The number of aliphatic hydroxyl groups excluding tert-OH is 1. The monoisotopic (exact) mass is 426 g/mol. The van der Waals surface area contributed by atoms with Gasteiger partial charge in [0.1, 0.15) is 11.8 Å². The highest BCUT2D eigenvalue weighted by Crippen LogP contribution is 2.41. The Kier molecular flexibility index (Phi) is 5.43. The van der Waals surface area contributed by atoms with Crippen LogP contribution in [0.2, 0.25) is 0 Å². The summed E-state index contributed by atoms with van der Waals surface area (Å²) in [6, 6.07) is 19.3. The maximum Gasteiger partial charge on any atom is 0.300 e. The minimum absolute atomic E-state index is 0.0393. The zero-order valence-corrected chi connectivity index (χ0v) is 18.7. The molecule has 1 atom stereocenters. The second kappa shape index (κ2) is 8.08. The smallest absolute Gasteiger partial charge is 0.300 e. The zero-order valence-electron chi connectivity index (χ0n) is 18.7. The molecule has 1 saturated heterocycles. The lowest BCUT2D eigenvalue weighted by Crippen LogP contribution is -2.30. The molecule has 1 amide bonds. The minimum atomic E-state index is -0.821. The highest BCUT2D eigenvalue weighted by atomic mass is 16.3. The molecule has 3 aromatic rings. The largest absolute Gasteiger partial charge is 0.507 e. The number of aliphatic hydroxyl groups is 1. The van der Waals surface area contributed by atoms with Gasteiger partial charge in [0.25, 0.3) is 11.7 Å². The molecular weight excluding hydrogens is 400 g/mol. The lowest BCUT2D eigenvalue weighted by atomic mass is 9.87. The van der Waals surface area contributed by atoms with E-state index in [1.54, 1.807) is 36.5 Å². The van der Waals surface area contributed by atoms with Gasteiger partial charge in [-0.2, -0.15) is 0 Å². The summed E-state index contributed by atoms with van der Waals surface area (Å²) in [5.41, 5.74) is 3.72. The van der Waals surface area contributed by atoms with Crippen LogP contribution in [0.5, 0.6) is 0 Å². The van der Waals surface area contributed by atoms with E-state index in [9.17, 15) is 14.7 Å². The minimum Gasteiger partial charge on any atom is -0.507 e. The fraction of sp³-hybridized carbons (Fsp3) is 0.222. The van der Waals surface area contributed by atoms with Crippen LogP contribution in [0, 0.1) is 6.92 Å². The summed E-state index contributed by atoms with van der Waals surface area (Å²) in [4.78, 5) is 32.2. The van der Waals surface area contributed by atoms with Gasteiger partial charge in [-0.1, -0.05) is 68.8 Å². The number of hydrogen-bond acceptors (Lipinski definition) is 4. The van der Waals surface area contributed by atoms with Crippen LogP contribution in [0.1, 0.15) is 49.2 Å². The molecule has 4 rings (SSSR count). The van der Waals surface area contributed by atoms with Crippen LogP contribution in [0.3, 0.4) is 0 Å². The van der Waals surface area contributed by atoms with E-state index in [-0.39, 0.29) is 16.7 Å². The van der Waals surface area contributed by atoms with Gasteiger partial charge in [-0.3, -0.25) is 19.5 Å². The second-order valence-corrected chi connectivity index (χ2v) is 9.09. The van der Waals surface area contributed by atoms with Crippen molar-refractivity contribution in [1.29, 1.82) is 0 Å². The van der Waals surface area contributed by atoms with Crippen LogP contribution in [-0.4, -0.2) is 21.8 Å². The standard InChI is InChI=1S/C27H26N2O3/c1-17-8-10-18(11-9-17)24(30)22-23(21-7-5-6-16-28-21)29(26(32)25(22)31)20-14-12-19(13-15-20)27(2,3)4/h5-16,23,30H,1-4H3/b24-22+. The molecule has 32 heavy (non-hydrogen) atoms. The third-order valence-electron chi connectivity index (χ3n) is 5.75. The van der Waals surface area contributed by atoms with E-state index >= 15 is 0 Å². The lowest BCUT2D eigenvalue weighted by Gasteiger charge is -2.26. The predicted molar refractivity (Wildman–Crippen MR) is 125 cm³/mol. The number of amides is 1. The van der Waals surface area contributed by atoms with Crippen molar-refractivity contribution < 1.29 is 14.7 Å². The molecule has 1 fully saturated rings. The summed E-state index contributed by atoms with van der Waals surface area (Å²) >= 11 is 0. The summed E-state index contributed by atoms with van der Waals surface area (Å²) < 4.78 is 0. The first-order chi connectivity index (χ1) is 15.2. The molecule has 2 aromatic carbocycles. The number of ketones is 1. The average molecular weight is 427 g/mol. The molecule has 1 aliphatic heterocycles. The van der Waals surface area contributed by atoms with Crippen LogP contribution < -0.4 is 4.90 Å². The van der Waals surface area contributed by atoms with Crippen molar-refractivity contribution in [3.8, 4) is 0 Å². The number of carbonyl (C=O) groups excluding carboxylic acids is 2. The van der Waals surface area contributed by atoms with Gasteiger partial charge in [0, 0.05) is 17.4 Å². The maximum absolute atomic E-state index is 13.2. The Labute approximate surface area is 188 Å². The molecule has 2 heterocycles. The van der Waals surface area contributed by atoms with E-state index in [1.807, 2.05) is 43.3 Å². The lowest BCUT2D eigenvalue weighted by molar-refractivity contribution is -0.132. The van der Waals surface area contributed by atoms with Gasteiger partial charge in [-0.15, -0.1) is 0 Å². The van der Waals surface area contributed by atoms with E-state index in [0.717, 1.165) is 11.1 Å². The number of Topliss-reactive ketones (excluding diaryl/α,β-unsaturated/α-hetero) is 1. The fourth-order valence-electron chi connectivity index (χ4n) is 3.91. The molecule has 0 bridgehead atoms. The Balaban J connectivity index is 1.88. The van der Waals surface area contributed by atoms with E-state index in [1.165, 1.54) is 4.90 Å². The molecule has 5 nitrogen and oxygen atoms in total. The number of aromatic nitrogens is 1. The highest BCUT2D eigenvalue weighted by Gasteiger charge is 2.47. The number of nitrogens with zero attached hydrogens (tertiary/aromatic N) is 2. The van der Waals surface area contributed by atoms with Crippen molar-refractivity contribution in [2.24, 2.45) is 0 Å². The Morgan fingerprint density at radius 2 is 1.59 bits per heavy atom. The number of carbonyl (C=O) groups is 2. The summed E-state index contributed by atoms with van der Waals surface area (Å²) in [5, 5.41) is 11.1. The molecule has 1 N–H and O–H groups in total. The van der Waals surface area contributed by atoms with Gasteiger partial charge in [0.2, 0.25) is 0 Å². The first kappa shape index (κ1) is 21.5. The van der Waals surface area contributed by atoms with Crippen molar-refractivity contribution in [1.82, 2.24) is 4.98 Å². The van der Waals surface area contributed by atoms with Crippen LogP contribution in [0.15, 0.2) is 78.5 Å². The second-order valence-electron chi connectivity index (χ2n) is 9.09. The first-order valence-electron chi connectivity index (χ1n) is 10.6. The van der Waals surface area contributed by atoms with Crippen LogP contribution in [0.4, 0.5) is 5.69 Å². The molecule has 1 unspecified atom stereocenters. The topological polar surface area (TPSA) is 70.5 Å². The third-order valence-corrected chi connectivity index (χ3v) is 5.75. The van der Waals surface area contributed by atoms with Crippen molar-refractivity contribution in [2.75, 3.05) is 4.90 Å². The van der Waals surface area contributed by atoms with E-state index in [0.29, 0.717) is 16.9 Å². The Hall–Kier alpha value is -3.73. The Bertz CT molecular complexity index is 1190. The number of rotatable bonds is 3. The van der Waals surface area contributed by atoms with Gasteiger partial charge in [-0.25, -0.2) is 0 Å². The SMILES string of the molecule is Cc1ccc(/C(O)=C2\C(=O)C(=O)N(c3ccc(C(C)(C)C)cc3)C2c2ccccn2)cc1. The highest BCUT2D eigenvalue weighted by molar-refractivity contribution is 6.51. The summed E-state index contributed by atoms with van der Waals surface area (Å²) in [6.45, 7) is 8.29. The van der Waals surface area contributed by atoms with Crippen LogP contribution in [-0.2, 0) is 15.0 Å².